The van der Waals surface area contributed by atoms with Crippen LogP contribution in [0.4, 0.5) is 0 Å². The van der Waals surface area contributed by atoms with Crippen LogP contribution in [0.1, 0.15) is 49.3 Å². The number of fused-ring (bicyclic) bond motifs is 1. The quantitative estimate of drug-likeness (QED) is 0.843. The fourth-order valence-corrected chi connectivity index (χ4v) is 3.17. The van der Waals surface area contributed by atoms with Crippen LogP contribution < -0.4 is 10.5 Å². The van der Waals surface area contributed by atoms with Crippen molar-refractivity contribution in [3.63, 3.8) is 0 Å². The van der Waals surface area contributed by atoms with Gasteiger partial charge in [0, 0.05) is 6.04 Å². The van der Waals surface area contributed by atoms with Crippen molar-refractivity contribution >= 4 is 0 Å². The first-order valence-electron chi connectivity index (χ1n) is 6.98. The number of hydrogen-bond donors (Lipinski definition) is 2. The van der Waals surface area contributed by atoms with E-state index in [9.17, 15) is 5.11 Å². The third-order valence-electron chi connectivity index (χ3n) is 4.21. The highest BCUT2D eigenvalue weighted by Crippen LogP contribution is 2.35. The summed E-state index contributed by atoms with van der Waals surface area (Å²) in [5.41, 5.74) is 8.63. The second-order valence-corrected chi connectivity index (χ2v) is 5.48. The first kappa shape index (κ1) is 12.0. The first-order valence-corrected chi connectivity index (χ1v) is 6.98. The molecule has 1 aromatic rings. The van der Waals surface area contributed by atoms with Gasteiger partial charge in [-0.25, -0.2) is 0 Å². The fourth-order valence-electron chi connectivity index (χ4n) is 3.17. The predicted molar refractivity (Wildman–Crippen MR) is 70.6 cm³/mol. The molecule has 0 bridgehead atoms. The molecule has 1 aromatic carbocycles. The molecule has 1 fully saturated rings. The average molecular weight is 247 g/mol. The molecule has 0 radical (unpaired) electrons. The van der Waals surface area contributed by atoms with Gasteiger partial charge in [-0.2, -0.15) is 0 Å². The van der Waals surface area contributed by atoms with E-state index >= 15 is 0 Å². The van der Waals surface area contributed by atoms with E-state index in [4.69, 9.17) is 10.5 Å². The van der Waals surface area contributed by atoms with Crippen molar-refractivity contribution < 1.29 is 9.84 Å². The Balaban J connectivity index is 1.86. The molecule has 0 aromatic heterocycles. The molecular formula is C15H21NO2. The van der Waals surface area contributed by atoms with Crippen LogP contribution in [0.5, 0.6) is 5.75 Å². The van der Waals surface area contributed by atoms with Crippen LogP contribution in [-0.2, 0) is 6.42 Å². The van der Waals surface area contributed by atoms with Gasteiger partial charge in [-0.15, -0.1) is 0 Å². The highest BCUT2D eigenvalue weighted by atomic mass is 16.5. The van der Waals surface area contributed by atoms with E-state index < -0.39 is 0 Å². The zero-order valence-corrected chi connectivity index (χ0v) is 10.6. The van der Waals surface area contributed by atoms with Crippen LogP contribution in [-0.4, -0.2) is 17.3 Å². The molecule has 2 aliphatic carbocycles. The number of ether oxygens (including phenoxy) is 1. The molecule has 3 unspecified atom stereocenters. The van der Waals surface area contributed by atoms with Crippen LogP contribution in [0, 0.1) is 0 Å². The zero-order chi connectivity index (χ0) is 12.5. The van der Waals surface area contributed by atoms with Crippen LogP contribution in [0.3, 0.4) is 0 Å². The summed E-state index contributed by atoms with van der Waals surface area (Å²) in [5.74, 6) is 0.939. The van der Waals surface area contributed by atoms with E-state index in [1.807, 2.05) is 12.1 Å². The van der Waals surface area contributed by atoms with Crippen molar-refractivity contribution in [2.24, 2.45) is 5.73 Å². The molecule has 0 heterocycles. The van der Waals surface area contributed by atoms with Gasteiger partial charge in [-0.3, -0.25) is 0 Å². The number of aliphatic hydroxyl groups excluding tert-OH is 1. The first-order chi connectivity index (χ1) is 8.75. The molecule has 3 heteroatoms. The van der Waals surface area contributed by atoms with Crippen LogP contribution in [0.2, 0.25) is 0 Å². The lowest BCUT2D eigenvalue weighted by molar-refractivity contribution is 0.0596. The van der Waals surface area contributed by atoms with Gasteiger partial charge in [0.2, 0.25) is 0 Å². The Morgan fingerprint density at radius 2 is 2.06 bits per heavy atom. The largest absolute Gasteiger partial charge is 0.487 e. The summed E-state index contributed by atoms with van der Waals surface area (Å²) < 4.78 is 6.03. The maximum absolute atomic E-state index is 9.86. The number of nitrogens with two attached hydrogens (primary N) is 1. The Morgan fingerprint density at radius 3 is 2.83 bits per heavy atom. The maximum Gasteiger partial charge on any atom is 0.124 e. The Kier molecular flexibility index (Phi) is 3.27. The summed E-state index contributed by atoms with van der Waals surface area (Å²) in [5, 5.41) is 9.86. The van der Waals surface area contributed by atoms with Gasteiger partial charge in [0.25, 0.3) is 0 Å². The highest BCUT2D eigenvalue weighted by molar-refractivity contribution is 5.43. The number of rotatable bonds is 2. The molecule has 3 atom stereocenters. The van der Waals surface area contributed by atoms with Crippen molar-refractivity contribution in [1.82, 2.24) is 0 Å². The molecule has 0 saturated heterocycles. The van der Waals surface area contributed by atoms with E-state index in [-0.39, 0.29) is 18.2 Å². The fraction of sp³-hybridized carbons (Fsp3) is 0.600. The predicted octanol–water partition coefficient (Wildman–Crippen LogP) is 2.31. The van der Waals surface area contributed by atoms with Gasteiger partial charge in [0.05, 0.1) is 6.10 Å². The molecule has 18 heavy (non-hydrogen) atoms. The second kappa shape index (κ2) is 4.90. The molecule has 1 saturated carbocycles. The standard InChI is InChI=1S/C15H21NO2/c16-12-6-1-5-11-10(12)4-2-8-14(11)18-15-9-3-7-13(15)17/h2,4,8,12-13,15,17H,1,3,5-7,9,16H2. The molecule has 0 amide bonds. The monoisotopic (exact) mass is 247 g/mol. The molecule has 0 spiro atoms. The van der Waals surface area contributed by atoms with Crippen molar-refractivity contribution in [2.45, 2.75) is 56.8 Å². The summed E-state index contributed by atoms with van der Waals surface area (Å²) in [6, 6.07) is 6.28. The molecule has 3 N–H and O–H groups in total. The lowest BCUT2D eigenvalue weighted by Crippen LogP contribution is -2.27. The van der Waals surface area contributed by atoms with Gasteiger partial charge >= 0.3 is 0 Å². The van der Waals surface area contributed by atoms with E-state index in [0.29, 0.717) is 0 Å². The van der Waals surface area contributed by atoms with Gasteiger partial charge in [0.15, 0.2) is 0 Å². The van der Waals surface area contributed by atoms with Crippen molar-refractivity contribution in [3.05, 3.63) is 29.3 Å². The second-order valence-electron chi connectivity index (χ2n) is 5.48. The molecule has 3 rings (SSSR count). The lowest BCUT2D eigenvalue weighted by atomic mass is 9.87. The topological polar surface area (TPSA) is 55.5 Å². The summed E-state index contributed by atoms with van der Waals surface area (Å²) in [6.45, 7) is 0. The summed E-state index contributed by atoms with van der Waals surface area (Å²) >= 11 is 0. The lowest BCUT2D eigenvalue weighted by Gasteiger charge is -2.26. The minimum Gasteiger partial charge on any atom is -0.487 e. The van der Waals surface area contributed by atoms with Gasteiger partial charge in [-0.05, 0) is 55.7 Å². The van der Waals surface area contributed by atoms with Crippen LogP contribution >= 0.6 is 0 Å². The maximum atomic E-state index is 9.86. The molecule has 0 aliphatic heterocycles. The Bertz CT molecular complexity index is 433. The van der Waals surface area contributed by atoms with Gasteiger partial charge in [0.1, 0.15) is 11.9 Å². The number of hydrogen-bond acceptors (Lipinski definition) is 3. The summed E-state index contributed by atoms with van der Waals surface area (Å²) in [7, 11) is 0. The zero-order valence-electron chi connectivity index (χ0n) is 10.6. The number of aliphatic hydroxyl groups is 1. The average Bonchev–Trinajstić information content (AvgIpc) is 2.77. The SMILES string of the molecule is NC1CCCc2c(OC3CCCC3O)cccc21. The third kappa shape index (κ3) is 2.13. The van der Waals surface area contributed by atoms with Crippen LogP contribution in [0.15, 0.2) is 18.2 Å². The van der Waals surface area contributed by atoms with Gasteiger partial charge < -0.3 is 15.6 Å². The summed E-state index contributed by atoms with van der Waals surface area (Å²) in [4.78, 5) is 0. The normalized spacial score (nSPS) is 31.1. The number of benzene rings is 1. The van der Waals surface area contributed by atoms with E-state index in [2.05, 4.69) is 6.07 Å². The Labute approximate surface area is 108 Å². The van der Waals surface area contributed by atoms with Crippen LogP contribution in [0.25, 0.3) is 0 Å². The smallest absolute Gasteiger partial charge is 0.124 e. The Morgan fingerprint density at radius 1 is 1.17 bits per heavy atom. The third-order valence-corrected chi connectivity index (χ3v) is 4.21. The minimum atomic E-state index is -0.307. The highest BCUT2D eigenvalue weighted by Gasteiger charge is 2.28. The molecule has 3 nitrogen and oxygen atoms in total. The molecule has 2 aliphatic rings. The summed E-state index contributed by atoms with van der Waals surface area (Å²) in [6.07, 6.45) is 5.76. The van der Waals surface area contributed by atoms with Crippen molar-refractivity contribution in [2.75, 3.05) is 0 Å². The van der Waals surface area contributed by atoms with E-state index in [0.717, 1.165) is 44.3 Å². The molecule has 98 valence electrons. The van der Waals surface area contributed by atoms with Crippen molar-refractivity contribution in [3.8, 4) is 5.75 Å². The minimum absolute atomic E-state index is 0.0327. The Hall–Kier alpha value is -1.06. The van der Waals surface area contributed by atoms with Crippen molar-refractivity contribution in [1.29, 1.82) is 0 Å². The van der Waals surface area contributed by atoms with E-state index in [1.54, 1.807) is 0 Å². The molecular weight excluding hydrogens is 226 g/mol. The van der Waals surface area contributed by atoms with E-state index in [1.165, 1.54) is 11.1 Å². The van der Waals surface area contributed by atoms with Gasteiger partial charge in [-0.1, -0.05) is 12.1 Å².